The number of aromatic amines is 1. The highest BCUT2D eigenvalue weighted by Crippen LogP contribution is 2.35. The average Bonchev–Trinajstić information content (AvgIpc) is 3.28. The second-order valence-electron chi connectivity index (χ2n) is 7.14. The molecule has 3 heterocycles. The first-order valence-electron chi connectivity index (χ1n) is 9.52. The van der Waals surface area contributed by atoms with Gasteiger partial charge in [-0.2, -0.15) is 5.10 Å². The molecule has 2 amide bonds. The van der Waals surface area contributed by atoms with Crippen molar-refractivity contribution >= 4 is 46.1 Å². The standard InChI is InChI=1S/C20H22N6O2S/c1-4-11(2)17-19(28)26-18(23-17)13-7-5-6-8-14(13)21-20(26)29-10-16(27)22-15-9-12(3)24-25-15/h5-9,11,17H,4,10H2,1-3H3,(H2,22,24,25,27). The van der Waals surface area contributed by atoms with E-state index in [0.29, 0.717) is 16.8 Å². The number of fused-ring (bicyclic) bond motifs is 3. The van der Waals surface area contributed by atoms with Gasteiger partial charge in [-0.3, -0.25) is 19.7 Å². The van der Waals surface area contributed by atoms with Crippen molar-refractivity contribution in [2.45, 2.75) is 33.2 Å². The van der Waals surface area contributed by atoms with Crippen molar-refractivity contribution in [3.05, 3.63) is 41.6 Å². The number of carbonyl (C=O) groups excluding carboxylic acids is 2. The summed E-state index contributed by atoms with van der Waals surface area (Å²) in [5.41, 5.74) is 2.46. The van der Waals surface area contributed by atoms with Crippen molar-refractivity contribution < 1.29 is 9.59 Å². The predicted octanol–water partition coefficient (Wildman–Crippen LogP) is 3.09. The van der Waals surface area contributed by atoms with Gasteiger partial charge in [0.15, 0.2) is 11.0 Å². The van der Waals surface area contributed by atoms with Crippen LogP contribution in [0.25, 0.3) is 0 Å². The summed E-state index contributed by atoms with van der Waals surface area (Å²) in [5, 5.41) is 10.0. The minimum absolute atomic E-state index is 0.0848. The summed E-state index contributed by atoms with van der Waals surface area (Å²) >= 11 is 1.22. The van der Waals surface area contributed by atoms with Gasteiger partial charge in [0.05, 0.1) is 11.4 Å². The number of H-pyrrole nitrogens is 1. The molecular formula is C20H22N6O2S. The highest BCUT2D eigenvalue weighted by Gasteiger charge is 2.43. The second-order valence-corrected chi connectivity index (χ2v) is 8.08. The highest BCUT2D eigenvalue weighted by molar-refractivity contribution is 8.14. The van der Waals surface area contributed by atoms with E-state index in [1.807, 2.05) is 45.0 Å². The summed E-state index contributed by atoms with van der Waals surface area (Å²) in [4.78, 5) is 36.4. The number of aromatic nitrogens is 2. The van der Waals surface area contributed by atoms with E-state index in [1.165, 1.54) is 11.8 Å². The molecule has 2 aliphatic heterocycles. The van der Waals surface area contributed by atoms with Gasteiger partial charge in [-0.15, -0.1) is 0 Å². The quantitative estimate of drug-likeness (QED) is 0.790. The van der Waals surface area contributed by atoms with E-state index in [9.17, 15) is 9.59 Å². The van der Waals surface area contributed by atoms with Crippen LogP contribution < -0.4 is 5.32 Å². The topological polar surface area (TPSA) is 103 Å². The first-order chi connectivity index (χ1) is 14.0. The molecule has 2 unspecified atom stereocenters. The van der Waals surface area contributed by atoms with Crippen LogP contribution in [0.4, 0.5) is 11.5 Å². The van der Waals surface area contributed by atoms with Crippen molar-refractivity contribution in [1.82, 2.24) is 15.1 Å². The number of amides is 2. The number of benzene rings is 1. The summed E-state index contributed by atoms with van der Waals surface area (Å²) < 4.78 is 0. The van der Waals surface area contributed by atoms with Crippen LogP contribution in [0.15, 0.2) is 40.3 Å². The van der Waals surface area contributed by atoms with Gasteiger partial charge in [0.1, 0.15) is 11.9 Å². The third kappa shape index (κ3) is 3.69. The van der Waals surface area contributed by atoms with Gasteiger partial charge >= 0.3 is 0 Å². The fourth-order valence-corrected chi connectivity index (χ4v) is 4.05. The Morgan fingerprint density at radius 1 is 1.38 bits per heavy atom. The number of nitrogens with zero attached hydrogens (tertiary/aromatic N) is 4. The largest absolute Gasteiger partial charge is 0.308 e. The van der Waals surface area contributed by atoms with Crippen LogP contribution in [0.3, 0.4) is 0 Å². The molecule has 9 heteroatoms. The van der Waals surface area contributed by atoms with E-state index in [2.05, 4.69) is 20.5 Å². The van der Waals surface area contributed by atoms with E-state index in [1.54, 1.807) is 11.0 Å². The number of amidine groups is 2. The zero-order valence-electron chi connectivity index (χ0n) is 16.5. The summed E-state index contributed by atoms with van der Waals surface area (Å²) in [5.74, 6) is 1.03. The Hall–Kier alpha value is -2.94. The molecule has 2 atom stereocenters. The number of nitrogens with one attached hydrogen (secondary N) is 2. The van der Waals surface area contributed by atoms with Crippen molar-refractivity contribution in [3.63, 3.8) is 0 Å². The van der Waals surface area contributed by atoms with E-state index < -0.39 is 6.04 Å². The molecule has 29 heavy (non-hydrogen) atoms. The molecule has 150 valence electrons. The third-order valence-corrected chi connectivity index (χ3v) is 5.93. The van der Waals surface area contributed by atoms with Crippen LogP contribution in [-0.4, -0.2) is 49.7 Å². The van der Waals surface area contributed by atoms with Crippen molar-refractivity contribution in [1.29, 1.82) is 0 Å². The van der Waals surface area contributed by atoms with Gasteiger partial charge < -0.3 is 5.32 Å². The van der Waals surface area contributed by atoms with Gasteiger partial charge in [0.25, 0.3) is 5.91 Å². The minimum atomic E-state index is -0.423. The molecule has 2 N–H and O–H groups in total. The van der Waals surface area contributed by atoms with Crippen LogP contribution in [-0.2, 0) is 9.59 Å². The molecule has 0 fully saturated rings. The number of carbonyl (C=O) groups is 2. The van der Waals surface area contributed by atoms with E-state index in [-0.39, 0.29) is 23.5 Å². The van der Waals surface area contributed by atoms with E-state index in [0.717, 1.165) is 23.4 Å². The molecule has 0 aliphatic carbocycles. The zero-order chi connectivity index (χ0) is 20.5. The number of aliphatic imine (C=N–C) groups is 2. The Labute approximate surface area is 172 Å². The molecule has 0 saturated carbocycles. The molecule has 1 aromatic heterocycles. The maximum atomic E-state index is 13.1. The smallest absolute Gasteiger partial charge is 0.259 e. The number of thioether (sulfide) groups is 1. The molecule has 0 spiro atoms. The molecule has 8 nitrogen and oxygen atoms in total. The van der Waals surface area contributed by atoms with Crippen LogP contribution in [0.2, 0.25) is 0 Å². The van der Waals surface area contributed by atoms with Crippen molar-refractivity contribution in [2.24, 2.45) is 15.9 Å². The SMILES string of the molecule is CCC(C)C1N=C2c3ccccc3N=C(SCC(=O)Nc3cc(C)[nH]n3)N2C1=O. The number of hydrogen-bond donors (Lipinski definition) is 2. The Balaban J connectivity index is 1.56. The Bertz CT molecular complexity index is 1030. The van der Waals surface area contributed by atoms with E-state index >= 15 is 0 Å². The maximum absolute atomic E-state index is 13.1. The number of hydrogen-bond acceptors (Lipinski definition) is 6. The molecular weight excluding hydrogens is 388 g/mol. The Kier molecular flexibility index (Phi) is 5.23. The third-order valence-electron chi connectivity index (χ3n) is 4.99. The van der Waals surface area contributed by atoms with Crippen LogP contribution in [0, 0.1) is 12.8 Å². The van der Waals surface area contributed by atoms with E-state index in [4.69, 9.17) is 4.99 Å². The predicted molar refractivity (Wildman–Crippen MR) is 115 cm³/mol. The first-order valence-corrected chi connectivity index (χ1v) is 10.5. The van der Waals surface area contributed by atoms with Gasteiger partial charge in [-0.1, -0.05) is 44.2 Å². The van der Waals surface area contributed by atoms with Gasteiger partial charge in [0, 0.05) is 17.3 Å². The molecule has 0 radical (unpaired) electrons. The fourth-order valence-electron chi connectivity index (χ4n) is 3.25. The highest BCUT2D eigenvalue weighted by atomic mass is 32.2. The zero-order valence-corrected chi connectivity index (χ0v) is 17.3. The lowest BCUT2D eigenvalue weighted by Crippen LogP contribution is -2.42. The summed E-state index contributed by atoms with van der Waals surface area (Å²) in [7, 11) is 0. The molecule has 2 aliphatic rings. The number of rotatable bonds is 5. The molecule has 0 saturated heterocycles. The Morgan fingerprint density at radius 3 is 2.90 bits per heavy atom. The normalized spacial score (nSPS) is 18.7. The molecule has 0 bridgehead atoms. The number of anilines is 1. The maximum Gasteiger partial charge on any atom is 0.259 e. The molecule has 4 rings (SSSR count). The number of para-hydroxylation sites is 1. The fraction of sp³-hybridized carbons (Fsp3) is 0.350. The average molecular weight is 411 g/mol. The molecule has 2 aromatic rings. The Morgan fingerprint density at radius 2 is 2.17 bits per heavy atom. The van der Waals surface area contributed by atoms with Crippen LogP contribution in [0.1, 0.15) is 31.5 Å². The van der Waals surface area contributed by atoms with Gasteiger partial charge in [-0.25, -0.2) is 9.89 Å². The lowest BCUT2D eigenvalue weighted by Gasteiger charge is -2.25. The minimum Gasteiger partial charge on any atom is -0.308 e. The lowest BCUT2D eigenvalue weighted by molar-refractivity contribution is -0.125. The van der Waals surface area contributed by atoms with Gasteiger partial charge in [-0.05, 0) is 25.0 Å². The second kappa shape index (κ2) is 7.82. The van der Waals surface area contributed by atoms with Crippen molar-refractivity contribution in [2.75, 3.05) is 11.1 Å². The monoisotopic (exact) mass is 410 g/mol. The van der Waals surface area contributed by atoms with Crippen LogP contribution >= 0.6 is 11.8 Å². The van der Waals surface area contributed by atoms with Crippen LogP contribution in [0.5, 0.6) is 0 Å². The summed E-state index contributed by atoms with van der Waals surface area (Å²) in [6.45, 7) is 5.94. The van der Waals surface area contributed by atoms with Crippen molar-refractivity contribution in [3.8, 4) is 0 Å². The first kappa shape index (κ1) is 19.4. The van der Waals surface area contributed by atoms with Gasteiger partial charge in [0.2, 0.25) is 5.91 Å². The summed E-state index contributed by atoms with van der Waals surface area (Å²) in [6.07, 6.45) is 0.855. The number of aryl methyl sites for hydroxylation is 1. The lowest BCUT2D eigenvalue weighted by atomic mass is 10.00. The summed E-state index contributed by atoms with van der Waals surface area (Å²) in [6, 6.07) is 8.95. The molecule has 1 aromatic carbocycles.